The van der Waals surface area contributed by atoms with Gasteiger partial charge >= 0.3 is 0 Å². The molecule has 0 aliphatic heterocycles. The van der Waals surface area contributed by atoms with Crippen LogP contribution in [0.25, 0.3) is 34.0 Å². The lowest BCUT2D eigenvalue weighted by Crippen LogP contribution is -1.95. The van der Waals surface area contributed by atoms with E-state index in [4.69, 9.17) is 9.26 Å². The second-order valence-corrected chi connectivity index (χ2v) is 6.79. The lowest BCUT2D eigenvalue weighted by Gasteiger charge is -2.12. The molecule has 5 heteroatoms. The van der Waals surface area contributed by atoms with Crippen molar-refractivity contribution in [2.45, 2.75) is 20.5 Å². The predicted octanol–water partition coefficient (Wildman–Crippen LogP) is 5.23. The molecular weight excluding hydrogens is 350 g/mol. The Morgan fingerprint density at radius 2 is 1.79 bits per heavy atom. The average molecular weight is 371 g/mol. The summed E-state index contributed by atoms with van der Waals surface area (Å²) < 4.78 is 11.0. The highest BCUT2D eigenvalue weighted by Gasteiger charge is 2.14. The van der Waals surface area contributed by atoms with Crippen LogP contribution in [0, 0.1) is 13.8 Å². The molecule has 28 heavy (non-hydrogen) atoms. The maximum atomic E-state index is 5.52. The highest BCUT2D eigenvalue weighted by Crippen LogP contribution is 2.31. The van der Waals surface area contributed by atoms with Crippen LogP contribution in [0.5, 0.6) is 0 Å². The van der Waals surface area contributed by atoms with Crippen molar-refractivity contribution in [3.63, 3.8) is 0 Å². The molecule has 2 heterocycles. The topological polar surface area (TPSA) is 61.0 Å². The summed E-state index contributed by atoms with van der Waals surface area (Å²) >= 11 is 0. The van der Waals surface area contributed by atoms with Gasteiger partial charge in [0.1, 0.15) is 0 Å². The lowest BCUT2D eigenvalue weighted by molar-refractivity contribution is 0.185. The maximum absolute atomic E-state index is 5.52. The third-order valence-corrected chi connectivity index (χ3v) is 4.65. The Labute approximate surface area is 164 Å². The Kier molecular flexibility index (Phi) is 5.00. The van der Waals surface area contributed by atoms with E-state index in [1.165, 1.54) is 11.1 Å². The van der Waals surface area contributed by atoms with E-state index in [1.54, 1.807) is 19.5 Å². The zero-order valence-electron chi connectivity index (χ0n) is 16.1. The number of aryl methyl sites for hydroxylation is 2. The summed E-state index contributed by atoms with van der Waals surface area (Å²) in [6.07, 6.45) is 3.53. The Morgan fingerprint density at radius 3 is 2.57 bits per heavy atom. The van der Waals surface area contributed by atoms with Crippen molar-refractivity contribution in [3.8, 4) is 34.0 Å². The summed E-state index contributed by atoms with van der Waals surface area (Å²) in [4.78, 5) is 8.75. The Hall–Kier alpha value is -3.31. The molecule has 0 atom stereocenters. The molecule has 4 rings (SSSR count). The van der Waals surface area contributed by atoms with Crippen molar-refractivity contribution in [2.24, 2.45) is 0 Å². The second-order valence-electron chi connectivity index (χ2n) is 6.79. The maximum Gasteiger partial charge on any atom is 0.258 e. The number of hydrogen-bond donors (Lipinski definition) is 0. The summed E-state index contributed by atoms with van der Waals surface area (Å²) in [5, 5.41) is 4.12. The molecular formula is C23H21N3O2. The van der Waals surface area contributed by atoms with E-state index in [-0.39, 0.29) is 0 Å². The van der Waals surface area contributed by atoms with Gasteiger partial charge in [-0.25, -0.2) is 0 Å². The monoisotopic (exact) mass is 371 g/mol. The largest absolute Gasteiger partial charge is 0.380 e. The number of rotatable bonds is 5. The molecule has 2 aromatic carbocycles. The zero-order chi connectivity index (χ0) is 19.5. The van der Waals surface area contributed by atoms with E-state index >= 15 is 0 Å². The van der Waals surface area contributed by atoms with E-state index in [0.717, 1.165) is 27.8 Å². The van der Waals surface area contributed by atoms with Crippen LogP contribution in [-0.4, -0.2) is 22.2 Å². The van der Waals surface area contributed by atoms with Crippen LogP contribution in [0.4, 0.5) is 0 Å². The normalized spacial score (nSPS) is 11.0. The number of nitrogens with zero attached hydrogens (tertiary/aromatic N) is 3. The summed E-state index contributed by atoms with van der Waals surface area (Å²) in [6, 6.07) is 16.5. The number of aromatic nitrogens is 3. The summed E-state index contributed by atoms with van der Waals surface area (Å²) in [6.45, 7) is 4.60. The van der Waals surface area contributed by atoms with Crippen LogP contribution in [0.2, 0.25) is 0 Å². The molecule has 0 bridgehead atoms. The highest BCUT2D eigenvalue weighted by molar-refractivity contribution is 5.74. The molecule has 0 saturated carbocycles. The first-order chi connectivity index (χ1) is 13.7. The molecule has 0 unspecified atom stereocenters. The molecule has 0 N–H and O–H groups in total. The summed E-state index contributed by atoms with van der Waals surface area (Å²) in [7, 11) is 1.70. The Morgan fingerprint density at radius 1 is 0.929 bits per heavy atom. The molecule has 0 spiro atoms. The predicted molar refractivity (Wildman–Crippen MR) is 109 cm³/mol. The minimum absolute atomic E-state index is 0.477. The molecule has 0 aliphatic rings. The minimum atomic E-state index is 0.477. The van der Waals surface area contributed by atoms with Gasteiger partial charge in [0.25, 0.3) is 5.89 Å². The number of ether oxygens (including phenoxy) is 1. The van der Waals surface area contributed by atoms with Crippen LogP contribution in [0.15, 0.2) is 65.4 Å². The highest BCUT2D eigenvalue weighted by atomic mass is 16.5. The van der Waals surface area contributed by atoms with Crippen LogP contribution in [0.3, 0.4) is 0 Å². The van der Waals surface area contributed by atoms with Gasteiger partial charge in [0.05, 0.1) is 6.61 Å². The van der Waals surface area contributed by atoms with Crippen LogP contribution < -0.4 is 0 Å². The van der Waals surface area contributed by atoms with Crippen LogP contribution in [0.1, 0.15) is 16.7 Å². The van der Waals surface area contributed by atoms with Gasteiger partial charge in [-0.2, -0.15) is 4.98 Å². The molecule has 4 aromatic rings. The quantitative estimate of drug-likeness (QED) is 0.481. The number of hydrogen-bond acceptors (Lipinski definition) is 5. The SMILES string of the molecule is COCc1cc(-c2nc(-c3cncc(C)c3)no2)ccc1-c1ccccc1C. The first-order valence-electron chi connectivity index (χ1n) is 9.09. The fourth-order valence-corrected chi connectivity index (χ4v) is 3.27. The van der Waals surface area contributed by atoms with Crippen LogP contribution >= 0.6 is 0 Å². The number of pyridine rings is 1. The van der Waals surface area contributed by atoms with Gasteiger partial charge < -0.3 is 9.26 Å². The third-order valence-electron chi connectivity index (χ3n) is 4.65. The van der Waals surface area contributed by atoms with Crippen molar-refractivity contribution in [1.82, 2.24) is 15.1 Å². The summed E-state index contributed by atoms with van der Waals surface area (Å²) in [5.41, 5.74) is 7.39. The van der Waals surface area contributed by atoms with Gasteiger partial charge in [-0.1, -0.05) is 35.5 Å². The molecule has 0 fully saturated rings. The Bertz CT molecular complexity index is 1120. The smallest absolute Gasteiger partial charge is 0.258 e. The van der Waals surface area contributed by atoms with Gasteiger partial charge in [-0.15, -0.1) is 0 Å². The van der Waals surface area contributed by atoms with E-state index in [9.17, 15) is 0 Å². The van der Waals surface area contributed by atoms with Gasteiger partial charge in [-0.05, 0) is 59.9 Å². The van der Waals surface area contributed by atoms with Crippen LogP contribution in [-0.2, 0) is 11.3 Å². The standard InChI is InChI=1S/C23H21N3O2/c1-15-10-18(13-24-12-15)22-25-23(28-26-22)17-8-9-21(19(11-17)14-27-3)20-7-5-4-6-16(20)2/h4-13H,14H2,1-3H3. The molecule has 0 aliphatic carbocycles. The Balaban J connectivity index is 1.73. The second kappa shape index (κ2) is 7.74. The van der Waals surface area contributed by atoms with Gasteiger partial charge in [0.15, 0.2) is 0 Å². The first-order valence-corrected chi connectivity index (χ1v) is 9.09. The molecule has 140 valence electrons. The fourth-order valence-electron chi connectivity index (χ4n) is 3.27. The van der Waals surface area contributed by atoms with Crippen molar-refractivity contribution in [2.75, 3.05) is 7.11 Å². The van der Waals surface area contributed by atoms with E-state index in [1.807, 2.05) is 31.2 Å². The first kappa shape index (κ1) is 18.1. The zero-order valence-corrected chi connectivity index (χ0v) is 16.1. The van der Waals surface area contributed by atoms with E-state index in [2.05, 4.69) is 46.3 Å². The number of methoxy groups -OCH3 is 1. The van der Waals surface area contributed by atoms with Gasteiger partial charge in [-0.3, -0.25) is 4.98 Å². The summed E-state index contributed by atoms with van der Waals surface area (Å²) in [5.74, 6) is 1.01. The van der Waals surface area contributed by atoms with Crippen molar-refractivity contribution in [1.29, 1.82) is 0 Å². The van der Waals surface area contributed by atoms with Gasteiger partial charge in [0.2, 0.25) is 5.82 Å². The van der Waals surface area contributed by atoms with E-state index < -0.39 is 0 Å². The van der Waals surface area contributed by atoms with Crippen molar-refractivity contribution < 1.29 is 9.26 Å². The van der Waals surface area contributed by atoms with Crippen molar-refractivity contribution >= 4 is 0 Å². The van der Waals surface area contributed by atoms with E-state index in [0.29, 0.717) is 18.3 Å². The molecule has 0 saturated heterocycles. The van der Waals surface area contributed by atoms with Gasteiger partial charge in [0, 0.05) is 30.6 Å². The third kappa shape index (κ3) is 3.57. The number of benzene rings is 2. The average Bonchev–Trinajstić information content (AvgIpc) is 3.19. The minimum Gasteiger partial charge on any atom is -0.380 e. The molecule has 5 nitrogen and oxygen atoms in total. The molecule has 0 amide bonds. The van der Waals surface area contributed by atoms with Crippen molar-refractivity contribution in [3.05, 3.63) is 77.6 Å². The fraction of sp³-hybridized carbons (Fsp3) is 0.174. The molecule has 2 aromatic heterocycles. The molecule has 0 radical (unpaired) electrons. The lowest BCUT2D eigenvalue weighted by atomic mass is 9.94.